The minimum atomic E-state index is 0.112. The fraction of sp³-hybridized carbons (Fsp3) is 0.667. The van der Waals surface area contributed by atoms with Crippen LogP contribution >= 0.6 is 0 Å². The molecular weight excluding hydrogens is 246 g/mol. The molecule has 1 aromatic carbocycles. The van der Waals surface area contributed by atoms with Crippen LogP contribution in [0.25, 0.3) is 0 Å². The maximum absolute atomic E-state index is 6.33. The molecule has 0 aliphatic carbocycles. The first-order chi connectivity index (χ1) is 9.17. The molecule has 2 nitrogen and oxygen atoms in total. The minimum Gasteiger partial charge on any atom is -0.491 e. The third-order valence-corrected chi connectivity index (χ3v) is 3.30. The number of rotatable bonds is 6. The molecule has 0 aliphatic rings. The van der Waals surface area contributed by atoms with Gasteiger partial charge < -0.3 is 10.5 Å². The average molecular weight is 277 g/mol. The van der Waals surface area contributed by atoms with Crippen molar-refractivity contribution >= 4 is 0 Å². The Morgan fingerprint density at radius 2 is 1.60 bits per heavy atom. The highest BCUT2D eigenvalue weighted by molar-refractivity contribution is 5.29. The zero-order valence-electron chi connectivity index (χ0n) is 13.9. The van der Waals surface area contributed by atoms with E-state index in [0.717, 1.165) is 12.2 Å². The summed E-state index contributed by atoms with van der Waals surface area (Å²) in [5, 5.41) is 0. The van der Waals surface area contributed by atoms with Crippen molar-refractivity contribution in [2.24, 2.45) is 17.1 Å². The summed E-state index contributed by atoms with van der Waals surface area (Å²) in [5.74, 6) is 1.55. The molecule has 0 bridgehead atoms. The maximum Gasteiger partial charge on any atom is 0.119 e. The summed E-state index contributed by atoms with van der Waals surface area (Å²) < 4.78 is 5.66. The Morgan fingerprint density at radius 3 is 2.05 bits per heavy atom. The molecule has 2 unspecified atom stereocenters. The van der Waals surface area contributed by atoms with E-state index in [4.69, 9.17) is 10.5 Å². The molecule has 2 N–H and O–H groups in total. The van der Waals surface area contributed by atoms with Crippen molar-refractivity contribution in [2.75, 3.05) is 0 Å². The second-order valence-corrected chi connectivity index (χ2v) is 7.45. The molecule has 0 fully saturated rings. The largest absolute Gasteiger partial charge is 0.491 e. The van der Waals surface area contributed by atoms with Gasteiger partial charge in [-0.25, -0.2) is 0 Å². The molecule has 1 rings (SSSR count). The van der Waals surface area contributed by atoms with Crippen LogP contribution < -0.4 is 10.5 Å². The van der Waals surface area contributed by atoms with Crippen molar-refractivity contribution in [2.45, 2.75) is 66.5 Å². The highest BCUT2D eigenvalue weighted by atomic mass is 16.5. The lowest BCUT2D eigenvalue weighted by Gasteiger charge is -2.25. The first-order valence-electron chi connectivity index (χ1n) is 7.69. The molecule has 0 aliphatic heterocycles. The monoisotopic (exact) mass is 277 g/mol. The number of nitrogens with two attached hydrogens (primary N) is 1. The lowest BCUT2D eigenvalue weighted by molar-refractivity contribution is 0.242. The number of ether oxygens (including phenoxy) is 1. The predicted octanol–water partition coefficient (Wildman–Crippen LogP) is 4.94. The summed E-state index contributed by atoms with van der Waals surface area (Å²) >= 11 is 0. The van der Waals surface area contributed by atoms with Crippen molar-refractivity contribution in [3.8, 4) is 5.75 Å². The summed E-state index contributed by atoms with van der Waals surface area (Å²) in [6.45, 7) is 13.2. The second kappa shape index (κ2) is 7.12. The lowest BCUT2D eigenvalue weighted by atomic mass is 9.82. The quantitative estimate of drug-likeness (QED) is 0.799. The summed E-state index contributed by atoms with van der Waals surface area (Å²) in [7, 11) is 0. The Kier molecular flexibility index (Phi) is 6.07. The number of hydrogen-bond donors (Lipinski definition) is 1. The smallest absolute Gasteiger partial charge is 0.119 e. The Morgan fingerprint density at radius 1 is 1.05 bits per heavy atom. The van der Waals surface area contributed by atoms with E-state index < -0.39 is 0 Å². The van der Waals surface area contributed by atoms with Gasteiger partial charge in [0.1, 0.15) is 5.75 Å². The zero-order valence-corrected chi connectivity index (χ0v) is 13.9. The molecule has 2 atom stereocenters. The molecular formula is C18H31NO. The van der Waals surface area contributed by atoms with Crippen LogP contribution in [0.3, 0.4) is 0 Å². The van der Waals surface area contributed by atoms with Crippen LogP contribution in [0.2, 0.25) is 0 Å². The van der Waals surface area contributed by atoms with Crippen LogP contribution in [0.4, 0.5) is 0 Å². The van der Waals surface area contributed by atoms with E-state index in [2.05, 4.69) is 39.8 Å². The lowest BCUT2D eigenvalue weighted by Crippen LogP contribution is -2.18. The van der Waals surface area contributed by atoms with E-state index in [0.29, 0.717) is 11.3 Å². The van der Waals surface area contributed by atoms with Crippen LogP contribution in [0.15, 0.2) is 24.3 Å². The van der Waals surface area contributed by atoms with E-state index in [9.17, 15) is 0 Å². The van der Waals surface area contributed by atoms with E-state index in [1.54, 1.807) is 0 Å². The summed E-state index contributed by atoms with van der Waals surface area (Å²) in [5.41, 5.74) is 7.89. The Hall–Kier alpha value is -1.02. The average Bonchev–Trinajstić information content (AvgIpc) is 2.26. The molecule has 0 saturated heterocycles. The van der Waals surface area contributed by atoms with Crippen molar-refractivity contribution < 1.29 is 4.74 Å². The van der Waals surface area contributed by atoms with Crippen molar-refractivity contribution in [1.82, 2.24) is 0 Å². The van der Waals surface area contributed by atoms with E-state index in [-0.39, 0.29) is 12.1 Å². The maximum atomic E-state index is 6.33. The first-order valence-corrected chi connectivity index (χ1v) is 7.69. The van der Waals surface area contributed by atoms with Gasteiger partial charge in [0.05, 0.1) is 6.10 Å². The van der Waals surface area contributed by atoms with Crippen LogP contribution in [-0.4, -0.2) is 6.10 Å². The number of hydrogen-bond acceptors (Lipinski definition) is 2. The van der Waals surface area contributed by atoms with Gasteiger partial charge in [-0.05, 0) is 55.7 Å². The zero-order chi connectivity index (χ0) is 15.3. The molecule has 0 aromatic heterocycles. The molecule has 0 amide bonds. The standard InChI is InChI=1S/C18H31NO/c1-13(2)20-16-9-7-15(8-10-16)17(19)11-14(3)12-18(4,5)6/h7-10,13-14,17H,11-12,19H2,1-6H3. The van der Waals surface area contributed by atoms with Gasteiger partial charge in [-0.2, -0.15) is 0 Å². The van der Waals surface area contributed by atoms with Crippen LogP contribution in [0.5, 0.6) is 5.75 Å². The van der Waals surface area contributed by atoms with Gasteiger partial charge in [0, 0.05) is 6.04 Å². The van der Waals surface area contributed by atoms with Crippen LogP contribution in [0, 0.1) is 11.3 Å². The van der Waals surface area contributed by atoms with Gasteiger partial charge in [-0.1, -0.05) is 39.8 Å². The molecule has 1 aromatic rings. The number of benzene rings is 1. The van der Waals surface area contributed by atoms with Gasteiger partial charge in [0.25, 0.3) is 0 Å². The van der Waals surface area contributed by atoms with Crippen LogP contribution in [-0.2, 0) is 0 Å². The first kappa shape index (κ1) is 17.0. The van der Waals surface area contributed by atoms with Gasteiger partial charge in [0.15, 0.2) is 0 Å². The third kappa shape index (κ3) is 6.42. The topological polar surface area (TPSA) is 35.2 Å². The Bertz CT molecular complexity index is 389. The Balaban J connectivity index is 2.57. The van der Waals surface area contributed by atoms with Crippen molar-refractivity contribution in [3.63, 3.8) is 0 Å². The van der Waals surface area contributed by atoms with Gasteiger partial charge in [-0.3, -0.25) is 0 Å². The summed E-state index contributed by atoms with van der Waals surface area (Å²) in [6.07, 6.45) is 2.44. The van der Waals surface area contributed by atoms with Gasteiger partial charge >= 0.3 is 0 Å². The molecule has 0 spiro atoms. The fourth-order valence-corrected chi connectivity index (χ4v) is 2.76. The normalized spacial score (nSPS) is 15.2. The summed E-state index contributed by atoms with van der Waals surface area (Å²) in [4.78, 5) is 0. The van der Waals surface area contributed by atoms with E-state index >= 15 is 0 Å². The van der Waals surface area contributed by atoms with Gasteiger partial charge in [0.2, 0.25) is 0 Å². The Labute approximate surface area is 124 Å². The van der Waals surface area contributed by atoms with E-state index in [1.807, 2.05) is 26.0 Å². The minimum absolute atomic E-state index is 0.112. The van der Waals surface area contributed by atoms with Gasteiger partial charge in [-0.15, -0.1) is 0 Å². The van der Waals surface area contributed by atoms with Crippen LogP contribution in [0.1, 0.15) is 66.0 Å². The molecule has 0 heterocycles. The van der Waals surface area contributed by atoms with Crippen molar-refractivity contribution in [3.05, 3.63) is 29.8 Å². The summed E-state index contributed by atoms with van der Waals surface area (Å²) in [6, 6.07) is 8.33. The molecule has 0 saturated carbocycles. The molecule has 20 heavy (non-hydrogen) atoms. The highest BCUT2D eigenvalue weighted by Crippen LogP contribution is 2.30. The molecule has 2 heteroatoms. The van der Waals surface area contributed by atoms with E-state index in [1.165, 1.54) is 12.0 Å². The third-order valence-electron chi connectivity index (χ3n) is 3.30. The fourth-order valence-electron chi connectivity index (χ4n) is 2.76. The molecule has 114 valence electrons. The predicted molar refractivity (Wildman–Crippen MR) is 87.0 cm³/mol. The SMILES string of the molecule is CC(CC(N)c1ccc(OC(C)C)cc1)CC(C)(C)C. The molecule has 0 radical (unpaired) electrons. The highest BCUT2D eigenvalue weighted by Gasteiger charge is 2.18. The van der Waals surface area contributed by atoms with Crippen molar-refractivity contribution in [1.29, 1.82) is 0 Å². The second-order valence-electron chi connectivity index (χ2n) is 7.45.